The summed E-state index contributed by atoms with van der Waals surface area (Å²) in [7, 11) is 0. The van der Waals surface area contributed by atoms with Gasteiger partial charge in [-0.3, -0.25) is 14.4 Å². The first-order chi connectivity index (χ1) is 16.4. The van der Waals surface area contributed by atoms with Gasteiger partial charge in [-0.05, 0) is 49.9 Å². The third-order valence-electron chi connectivity index (χ3n) is 6.73. The van der Waals surface area contributed by atoms with Crippen LogP contribution in [0.1, 0.15) is 44.7 Å². The number of nitrogens with one attached hydrogen (secondary N) is 3. The number of carboxylic acid groups (broad SMARTS) is 1. The molecule has 3 amide bonds. The van der Waals surface area contributed by atoms with Gasteiger partial charge in [0.2, 0.25) is 11.8 Å². The van der Waals surface area contributed by atoms with Gasteiger partial charge >= 0.3 is 12.1 Å². The van der Waals surface area contributed by atoms with Gasteiger partial charge in [-0.1, -0.05) is 48.5 Å². The van der Waals surface area contributed by atoms with E-state index in [1.807, 2.05) is 48.5 Å². The monoisotopic (exact) mass is 481 g/mol. The van der Waals surface area contributed by atoms with Crippen molar-refractivity contribution in [3.8, 4) is 11.1 Å². The lowest BCUT2D eigenvalue weighted by atomic mass is 9.74. The van der Waals surface area contributed by atoms with Crippen molar-refractivity contribution in [2.45, 2.75) is 39.2 Å². The lowest BCUT2D eigenvalue weighted by Crippen LogP contribution is -2.58. The van der Waals surface area contributed by atoms with Gasteiger partial charge < -0.3 is 25.8 Å². The minimum Gasteiger partial charge on any atom is -0.481 e. The van der Waals surface area contributed by atoms with E-state index in [-0.39, 0.29) is 25.6 Å². The molecule has 9 nitrogen and oxygen atoms in total. The van der Waals surface area contributed by atoms with E-state index in [9.17, 15) is 24.3 Å². The number of benzene rings is 2. The van der Waals surface area contributed by atoms with E-state index in [1.54, 1.807) is 13.8 Å². The fourth-order valence-electron chi connectivity index (χ4n) is 3.86. The number of ether oxygens (including phenoxy) is 1. The number of hydrogen-bond donors (Lipinski definition) is 4. The minimum absolute atomic E-state index is 0.0934. The molecule has 0 heterocycles. The number of alkyl carbamates (subject to hydrolysis) is 1. The largest absolute Gasteiger partial charge is 0.481 e. The van der Waals surface area contributed by atoms with Crippen molar-refractivity contribution in [3.63, 3.8) is 0 Å². The normalized spacial score (nSPS) is 12.8. The first-order valence-corrected chi connectivity index (χ1v) is 11.3. The Morgan fingerprint density at radius 1 is 0.829 bits per heavy atom. The van der Waals surface area contributed by atoms with Crippen molar-refractivity contribution in [2.75, 3.05) is 19.7 Å². The molecule has 0 radical (unpaired) electrons. The molecule has 0 bridgehead atoms. The molecule has 0 aromatic heterocycles. The third-order valence-corrected chi connectivity index (χ3v) is 6.73. The quantitative estimate of drug-likeness (QED) is 0.435. The second-order valence-corrected chi connectivity index (χ2v) is 9.56. The van der Waals surface area contributed by atoms with E-state index >= 15 is 0 Å². The van der Waals surface area contributed by atoms with Crippen molar-refractivity contribution in [1.82, 2.24) is 16.0 Å². The van der Waals surface area contributed by atoms with Crippen LogP contribution in [-0.4, -0.2) is 54.2 Å². The van der Waals surface area contributed by atoms with Gasteiger partial charge in [-0.25, -0.2) is 4.79 Å². The first-order valence-electron chi connectivity index (χ1n) is 11.3. The van der Waals surface area contributed by atoms with E-state index in [4.69, 9.17) is 4.74 Å². The molecule has 0 spiro atoms. The lowest BCUT2D eigenvalue weighted by molar-refractivity contribution is -0.151. The SMILES string of the molecule is CC(C)(NC(=O)CNC(=O)CNC(=O)OCC1c2ccccc2-c2ccccc21)C(C)(C)C(=O)O. The Morgan fingerprint density at radius 2 is 1.34 bits per heavy atom. The van der Waals surface area contributed by atoms with E-state index in [0.717, 1.165) is 22.3 Å². The molecule has 0 fully saturated rings. The summed E-state index contributed by atoms with van der Waals surface area (Å²) in [5, 5.41) is 16.8. The fourth-order valence-corrected chi connectivity index (χ4v) is 3.86. The second kappa shape index (κ2) is 10.2. The molecule has 0 aliphatic heterocycles. The second-order valence-electron chi connectivity index (χ2n) is 9.56. The molecule has 0 unspecified atom stereocenters. The average Bonchev–Trinajstić information content (AvgIpc) is 3.13. The summed E-state index contributed by atoms with van der Waals surface area (Å²) in [5.74, 6) is -2.27. The highest BCUT2D eigenvalue weighted by Gasteiger charge is 2.44. The Kier molecular flexibility index (Phi) is 7.48. The van der Waals surface area contributed by atoms with Crippen molar-refractivity contribution < 1.29 is 29.0 Å². The van der Waals surface area contributed by atoms with Crippen LogP contribution in [0, 0.1) is 5.41 Å². The number of carbonyl (C=O) groups excluding carboxylic acids is 3. The first kappa shape index (κ1) is 25.7. The van der Waals surface area contributed by atoms with E-state index < -0.39 is 34.8 Å². The number of carboxylic acids is 1. The number of amides is 3. The summed E-state index contributed by atoms with van der Waals surface area (Å²) in [5.41, 5.74) is 2.12. The molecular formula is C26H31N3O6. The van der Waals surface area contributed by atoms with Crippen molar-refractivity contribution in [1.29, 1.82) is 0 Å². The van der Waals surface area contributed by atoms with E-state index in [0.29, 0.717) is 0 Å². The zero-order valence-electron chi connectivity index (χ0n) is 20.3. The van der Waals surface area contributed by atoms with Crippen LogP contribution >= 0.6 is 0 Å². The highest BCUT2D eigenvalue weighted by molar-refractivity contribution is 5.88. The van der Waals surface area contributed by atoms with Crippen LogP contribution in [0.4, 0.5) is 4.79 Å². The zero-order chi connectivity index (χ0) is 25.8. The number of fused-ring (bicyclic) bond motifs is 3. The fraction of sp³-hybridized carbons (Fsp3) is 0.385. The van der Waals surface area contributed by atoms with Crippen LogP contribution in [0.2, 0.25) is 0 Å². The van der Waals surface area contributed by atoms with Gasteiger partial charge in [0.25, 0.3) is 0 Å². The molecule has 2 aromatic rings. The smallest absolute Gasteiger partial charge is 0.407 e. The van der Waals surface area contributed by atoms with Crippen molar-refractivity contribution >= 4 is 23.9 Å². The maximum absolute atomic E-state index is 12.2. The summed E-state index contributed by atoms with van der Waals surface area (Å²) < 4.78 is 5.38. The van der Waals surface area contributed by atoms with Crippen LogP contribution in [0.5, 0.6) is 0 Å². The molecule has 3 rings (SSSR count). The van der Waals surface area contributed by atoms with Gasteiger partial charge in [0, 0.05) is 5.92 Å². The maximum Gasteiger partial charge on any atom is 0.407 e. The predicted molar refractivity (Wildman–Crippen MR) is 130 cm³/mol. The van der Waals surface area contributed by atoms with Gasteiger partial charge in [0.05, 0.1) is 17.5 Å². The highest BCUT2D eigenvalue weighted by atomic mass is 16.5. The lowest BCUT2D eigenvalue weighted by Gasteiger charge is -2.38. The van der Waals surface area contributed by atoms with Crippen LogP contribution in [0.25, 0.3) is 11.1 Å². The Labute approximate surface area is 204 Å². The Morgan fingerprint density at radius 3 is 1.89 bits per heavy atom. The van der Waals surface area contributed by atoms with Gasteiger partial charge in [-0.15, -0.1) is 0 Å². The van der Waals surface area contributed by atoms with Crippen LogP contribution < -0.4 is 16.0 Å². The Balaban J connectivity index is 1.44. The summed E-state index contributed by atoms with van der Waals surface area (Å²) in [6.45, 7) is 5.61. The molecule has 0 saturated carbocycles. The van der Waals surface area contributed by atoms with E-state index in [2.05, 4.69) is 16.0 Å². The Hall–Kier alpha value is -3.88. The summed E-state index contributed by atoms with van der Waals surface area (Å²) >= 11 is 0. The molecule has 35 heavy (non-hydrogen) atoms. The minimum atomic E-state index is -1.22. The maximum atomic E-state index is 12.2. The topological polar surface area (TPSA) is 134 Å². The zero-order valence-corrected chi connectivity index (χ0v) is 20.3. The molecule has 4 N–H and O–H groups in total. The molecule has 1 aliphatic rings. The summed E-state index contributed by atoms with van der Waals surface area (Å²) in [6, 6.07) is 15.9. The molecular weight excluding hydrogens is 450 g/mol. The van der Waals surface area contributed by atoms with Crippen molar-refractivity contribution in [3.05, 3.63) is 59.7 Å². The van der Waals surface area contributed by atoms with E-state index in [1.165, 1.54) is 13.8 Å². The summed E-state index contributed by atoms with van der Waals surface area (Å²) in [4.78, 5) is 47.9. The number of hydrogen-bond acceptors (Lipinski definition) is 5. The van der Waals surface area contributed by atoms with Crippen LogP contribution in [0.3, 0.4) is 0 Å². The van der Waals surface area contributed by atoms with Crippen LogP contribution in [0.15, 0.2) is 48.5 Å². The standard InChI is InChI=1S/C26H31N3O6/c1-25(2,23(32)33)26(3,4)29-22(31)14-27-21(30)13-28-24(34)35-15-20-18-11-7-5-9-16(18)17-10-6-8-12-19(17)20/h5-12,20H,13-15H2,1-4H3,(H,27,30)(H,28,34)(H,29,31)(H,32,33). The highest BCUT2D eigenvalue weighted by Crippen LogP contribution is 2.44. The molecule has 2 aromatic carbocycles. The Bertz CT molecular complexity index is 1100. The third kappa shape index (κ3) is 5.62. The number of carbonyl (C=O) groups is 4. The molecule has 0 saturated heterocycles. The van der Waals surface area contributed by atoms with Crippen molar-refractivity contribution in [2.24, 2.45) is 5.41 Å². The van der Waals surface area contributed by atoms with Gasteiger partial charge in [0.15, 0.2) is 0 Å². The summed E-state index contributed by atoms with van der Waals surface area (Å²) in [6.07, 6.45) is -0.740. The van der Waals surface area contributed by atoms with Crippen LogP contribution in [-0.2, 0) is 19.1 Å². The number of aliphatic carboxylic acids is 1. The molecule has 9 heteroatoms. The molecule has 0 atom stereocenters. The van der Waals surface area contributed by atoms with Gasteiger partial charge in [0.1, 0.15) is 13.2 Å². The van der Waals surface area contributed by atoms with Gasteiger partial charge in [-0.2, -0.15) is 0 Å². The average molecular weight is 482 g/mol. The predicted octanol–water partition coefficient (Wildman–Crippen LogP) is 2.65. The number of rotatable bonds is 9. The molecule has 186 valence electrons. The molecule has 1 aliphatic carbocycles.